The topological polar surface area (TPSA) is 50.1 Å². The molecule has 0 aromatic carbocycles. The molecule has 1 aromatic heterocycles. The monoisotopic (exact) mass is 209 g/mol. The van der Waals surface area contributed by atoms with Crippen molar-refractivity contribution in [3.05, 3.63) is 12.4 Å². The maximum atomic E-state index is 11.8. The molecular formula is C7H10F3N3O. The van der Waals surface area contributed by atoms with Crippen LogP contribution in [-0.4, -0.2) is 33.7 Å². The summed E-state index contributed by atoms with van der Waals surface area (Å²) in [5, 5.41) is 14.8. The first-order chi connectivity index (χ1) is 6.39. The molecular weight excluding hydrogens is 199 g/mol. The molecule has 0 bridgehead atoms. The van der Waals surface area contributed by atoms with E-state index >= 15 is 0 Å². The number of aliphatic hydroxyl groups is 1. The summed E-state index contributed by atoms with van der Waals surface area (Å²) in [6, 6.07) is 0. The maximum absolute atomic E-state index is 11.8. The van der Waals surface area contributed by atoms with Crippen LogP contribution in [0.3, 0.4) is 0 Å². The van der Waals surface area contributed by atoms with Gasteiger partial charge in [0.15, 0.2) is 6.10 Å². The number of hydrogen-bond donors (Lipinski definition) is 2. The van der Waals surface area contributed by atoms with Crippen molar-refractivity contribution in [3.63, 3.8) is 0 Å². The van der Waals surface area contributed by atoms with Gasteiger partial charge in [0.25, 0.3) is 0 Å². The normalized spacial score (nSPS) is 14.1. The predicted molar refractivity (Wildman–Crippen MR) is 43.8 cm³/mol. The lowest BCUT2D eigenvalue weighted by molar-refractivity contribution is -0.198. The Kier molecular flexibility index (Phi) is 3.00. The summed E-state index contributed by atoms with van der Waals surface area (Å²) >= 11 is 0. The largest absolute Gasteiger partial charge is 0.416 e. The second-order valence-corrected chi connectivity index (χ2v) is 2.84. The van der Waals surface area contributed by atoms with Crippen LogP contribution in [0.15, 0.2) is 12.4 Å². The molecule has 80 valence electrons. The molecule has 1 unspecified atom stereocenters. The third kappa shape index (κ3) is 2.91. The standard InChI is InChI=1S/C7H10F3N3O/c1-13-4-5(2-12-13)11-3-6(14)7(8,9)10/h2,4,6,11,14H,3H2,1H3. The number of hydrogen-bond acceptors (Lipinski definition) is 3. The SMILES string of the molecule is Cn1cc(NCC(O)C(F)(F)F)cn1. The maximum Gasteiger partial charge on any atom is 0.416 e. The molecule has 1 aromatic rings. The second kappa shape index (κ2) is 3.87. The minimum Gasteiger partial charge on any atom is -0.382 e. The van der Waals surface area contributed by atoms with E-state index in [0.29, 0.717) is 5.69 Å². The first-order valence-electron chi connectivity index (χ1n) is 3.87. The molecule has 0 aliphatic carbocycles. The fourth-order valence-corrected chi connectivity index (χ4v) is 0.843. The van der Waals surface area contributed by atoms with Gasteiger partial charge in [-0.25, -0.2) is 0 Å². The van der Waals surface area contributed by atoms with E-state index in [9.17, 15) is 13.2 Å². The number of nitrogens with zero attached hydrogens (tertiary/aromatic N) is 2. The van der Waals surface area contributed by atoms with Gasteiger partial charge in [0.2, 0.25) is 0 Å². The molecule has 1 rings (SSSR count). The van der Waals surface area contributed by atoms with Crippen molar-refractivity contribution >= 4 is 5.69 Å². The number of aromatic nitrogens is 2. The Labute approximate surface area is 78.3 Å². The van der Waals surface area contributed by atoms with Crippen molar-refractivity contribution in [2.45, 2.75) is 12.3 Å². The molecule has 7 heteroatoms. The minimum absolute atomic E-state index is 0.441. The summed E-state index contributed by atoms with van der Waals surface area (Å²) in [6.07, 6.45) is -4.05. The van der Waals surface area contributed by atoms with Gasteiger partial charge in [-0.2, -0.15) is 18.3 Å². The lowest BCUT2D eigenvalue weighted by Gasteiger charge is -2.14. The third-order valence-electron chi connectivity index (χ3n) is 1.58. The van der Waals surface area contributed by atoms with Gasteiger partial charge in [0.05, 0.1) is 11.9 Å². The van der Waals surface area contributed by atoms with Crippen LogP contribution in [0, 0.1) is 0 Å². The first-order valence-corrected chi connectivity index (χ1v) is 3.87. The zero-order chi connectivity index (χ0) is 10.8. The summed E-state index contributed by atoms with van der Waals surface area (Å²) in [5.74, 6) is 0. The summed E-state index contributed by atoms with van der Waals surface area (Å²) in [4.78, 5) is 0. The Bertz CT molecular complexity index is 297. The van der Waals surface area contributed by atoms with Crippen LogP contribution in [0.25, 0.3) is 0 Å². The van der Waals surface area contributed by atoms with Crippen molar-refractivity contribution in [2.24, 2.45) is 7.05 Å². The van der Waals surface area contributed by atoms with E-state index in [4.69, 9.17) is 5.11 Å². The minimum atomic E-state index is -4.59. The Morgan fingerprint density at radius 1 is 1.64 bits per heavy atom. The van der Waals surface area contributed by atoms with Gasteiger partial charge >= 0.3 is 6.18 Å². The first kappa shape index (κ1) is 10.8. The van der Waals surface area contributed by atoms with Crippen molar-refractivity contribution < 1.29 is 18.3 Å². The van der Waals surface area contributed by atoms with E-state index in [0.717, 1.165) is 0 Å². The highest BCUT2D eigenvalue weighted by Gasteiger charge is 2.37. The van der Waals surface area contributed by atoms with Gasteiger partial charge in [-0.15, -0.1) is 0 Å². The second-order valence-electron chi connectivity index (χ2n) is 2.84. The van der Waals surface area contributed by atoms with Crippen LogP contribution in [0.1, 0.15) is 0 Å². The number of alkyl halides is 3. The molecule has 0 amide bonds. The van der Waals surface area contributed by atoms with E-state index in [1.165, 1.54) is 17.1 Å². The number of rotatable bonds is 3. The molecule has 0 radical (unpaired) electrons. The highest BCUT2D eigenvalue weighted by atomic mass is 19.4. The summed E-state index contributed by atoms with van der Waals surface area (Å²) in [5.41, 5.74) is 0.441. The van der Waals surface area contributed by atoms with Gasteiger partial charge in [0, 0.05) is 19.8 Å². The molecule has 0 aliphatic rings. The molecule has 14 heavy (non-hydrogen) atoms. The van der Waals surface area contributed by atoms with Crippen LogP contribution in [0.2, 0.25) is 0 Å². The predicted octanol–water partition coefficient (Wildman–Crippen LogP) is 0.755. The van der Waals surface area contributed by atoms with E-state index in [1.807, 2.05) is 0 Å². The lowest BCUT2D eigenvalue weighted by Crippen LogP contribution is -2.34. The average Bonchev–Trinajstić information content (AvgIpc) is 2.45. The number of aliphatic hydroxyl groups excluding tert-OH is 1. The van der Waals surface area contributed by atoms with Crippen LogP contribution < -0.4 is 5.32 Å². The Balaban J connectivity index is 2.41. The number of aryl methyl sites for hydroxylation is 1. The molecule has 2 N–H and O–H groups in total. The Hall–Kier alpha value is -1.24. The Morgan fingerprint density at radius 3 is 2.71 bits per heavy atom. The van der Waals surface area contributed by atoms with Crippen LogP contribution in [0.4, 0.5) is 18.9 Å². The molecule has 0 saturated heterocycles. The lowest BCUT2D eigenvalue weighted by atomic mass is 10.3. The van der Waals surface area contributed by atoms with E-state index in [-0.39, 0.29) is 0 Å². The van der Waals surface area contributed by atoms with Gasteiger partial charge in [-0.1, -0.05) is 0 Å². The average molecular weight is 209 g/mol. The van der Waals surface area contributed by atoms with Gasteiger partial charge in [-0.05, 0) is 0 Å². The molecule has 0 spiro atoms. The van der Waals surface area contributed by atoms with Crippen LogP contribution >= 0.6 is 0 Å². The third-order valence-corrected chi connectivity index (χ3v) is 1.58. The fraction of sp³-hybridized carbons (Fsp3) is 0.571. The molecule has 0 saturated carbocycles. The molecule has 0 aliphatic heterocycles. The summed E-state index contributed by atoms with van der Waals surface area (Å²) in [7, 11) is 1.64. The molecule has 1 atom stereocenters. The van der Waals surface area contributed by atoms with Gasteiger partial charge in [-0.3, -0.25) is 4.68 Å². The fourth-order valence-electron chi connectivity index (χ4n) is 0.843. The highest BCUT2D eigenvalue weighted by Crippen LogP contribution is 2.20. The zero-order valence-corrected chi connectivity index (χ0v) is 7.41. The van der Waals surface area contributed by atoms with Crippen molar-refractivity contribution in [1.82, 2.24) is 9.78 Å². The van der Waals surface area contributed by atoms with Crippen LogP contribution in [-0.2, 0) is 7.05 Å². The molecule has 0 fully saturated rings. The molecule has 1 heterocycles. The van der Waals surface area contributed by atoms with Crippen molar-refractivity contribution in [2.75, 3.05) is 11.9 Å². The zero-order valence-electron chi connectivity index (χ0n) is 7.41. The van der Waals surface area contributed by atoms with Gasteiger partial charge in [0.1, 0.15) is 0 Å². The Morgan fingerprint density at radius 2 is 2.29 bits per heavy atom. The van der Waals surface area contributed by atoms with Crippen LogP contribution in [0.5, 0.6) is 0 Å². The highest BCUT2D eigenvalue weighted by molar-refractivity contribution is 5.38. The van der Waals surface area contributed by atoms with Crippen molar-refractivity contribution in [1.29, 1.82) is 0 Å². The number of nitrogens with one attached hydrogen (secondary N) is 1. The van der Waals surface area contributed by atoms with E-state index in [2.05, 4.69) is 10.4 Å². The quantitative estimate of drug-likeness (QED) is 0.772. The van der Waals surface area contributed by atoms with E-state index < -0.39 is 18.8 Å². The van der Waals surface area contributed by atoms with E-state index in [1.54, 1.807) is 7.05 Å². The van der Waals surface area contributed by atoms with Gasteiger partial charge < -0.3 is 10.4 Å². The number of anilines is 1. The smallest absolute Gasteiger partial charge is 0.382 e. The molecule has 4 nitrogen and oxygen atoms in total. The summed E-state index contributed by atoms with van der Waals surface area (Å²) < 4.78 is 37.0. The summed E-state index contributed by atoms with van der Waals surface area (Å²) in [6.45, 7) is -0.574. The van der Waals surface area contributed by atoms with Crippen molar-refractivity contribution in [3.8, 4) is 0 Å². The number of halogens is 3.